The molecule has 0 radical (unpaired) electrons. The summed E-state index contributed by atoms with van der Waals surface area (Å²) in [4.78, 5) is 35.7. The van der Waals surface area contributed by atoms with E-state index in [1.807, 2.05) is 12.2 Å². The highest BCUT2D eigenvalue weighted by atomic mass is 31.2. The van der Waals surface area contributed by atoms with Gasteiger partial charge in [-0.05, 0) is 70.6 Å². The van der Waals surface area contributed by atoms with Crippen molar-refractivity contribution in [3.63, 3.8) is 0 Å². The first kappa shape index (κ1) is 55.9. The molecule has 15 heteroatoms. The van der Waals surface area contributed by atoms with Gasteiger partial charge in [0.15, 0.2) is 6.10 Å². The van der Waals surface area contributed by atoms with Crippen molar-refractivity contribution in [2.24, 2.45) is 0 Å². The van der Waals surface area contributed by atoms with Crippen LogP contribution in [-0.4, -0.2) is 111 Å². The Morgan fingerprint density at radius 3 is 1.74 bits per heavy atom. The van der Waals surface area contributed by atoms with E-state index < -0.39 is 75.7 Å². The summed E-state index contributed by atoms with van der Waals surface area (Å²) in [5, 5.41) is 50.2. The van der Waals surface area contributed by atoms with Crippen LogP contribution in [0.15, 0.2) is 48.6 Å². The molecule has 0 amide bonds. The average Bonchev–Trinajstić information content (AvgIpc) is 4.01. The van der Waals surface area contributed by atoms with Crippen LogP contribution < -0.4 is 0 Å². The number of phosphoric ester groups is 1. The molecule has 2 aliphatic rings. The summed E-state index contributed by atoms with van der Waals surface area (Å²) in [6.07, 6.45) is 27.6. The van der Waals surface area contributed by atoms with Crippen molar-refractivity contribution in [2.75, 3.05) is 13.2 Å². The molecule has 1 heterocycles. The summed E-state index contributed by atoms with van der Waals surface area (Å²) in [6.45, 7) is 3.19. The first-order valence-electron chi connectivity index (χ1n) is 23.6. The number of unbranched alkanes of at least 4 members (excludes halogenated alkanes) is 14. The van der Waals surface area contributed by atoms with E-state index in [1.165, 1.54) is 57.8 Å². The highest BCUT2D eigenvalue weighted by molar-refractivity contribution is 7.47. The maximum Gasteiger partial charge on any atom is 0.472 e. The van der Waals surface area contributed by atoms with E-state index in [2.05, 4.69) is 50.3 Å². The van der Waals surface area contributed by atoms with Gasteiger partial charge >= 0.3 is 19.8 Å². The maximum atomic E-state index is 12.8. The van der Waals surface area contributed by atoms with Gasteiger partial charge in [-0.15, -0.1) is 0 Å². The van der Waals surface area contributed by atoms with Gasteiger partial charge < -0.3 is 44.6 Å². The predicted molar refractivity (Wildman–Crippen MR) is 239 cm³/mol. The number of hydrogen-bond donors (Lipinski definition) is 6. The smallest absolute Gasteiger partial charge is 0.462 e. The molecule has 62 heavy (non-hydrogen) atoms. The van der Waals surface area contributed by atoms with Crippen molar-refractivity contribution in [1.29, 1.82) is 0 Å². The Bertz CT molecular complexity index is 1340. The Balaban J connectivity index is 1.73. The number of aliphatic hydroxyl groups excluding tert-OH is 5. The molecule has 10 atom stereocenters. The molecule has 0 aromatic rings. The van der Waals surface area contributed by atoms with Gasteiger partial charge in [0, 0.05) is 12.8 Å². The second kappa shape index (κ2) is 34.2. The van der Waals surface area contributed by atoms with E-state index in [-0.39, 0.29) is 12.8 Å². The van der Waals surface area contributed by atoms with Gasteiger partial charge in [-0.3, -0.25) is 18.6 Å². The Morgan fingerprint density at radius 1 is 0.581 bits per heavy atom. The van der Waals surface area contributed by atoms with Crippen LogP contribution >= 0.6 is 7.82 Å². The molecule has 1 aliphatic heterocycles. The third kappa shape index (κ3) is 25.9. The number of hydrogen-bond acceptors (Lipinski definition) is 13. The van der Waals surface area contributed by atoms with Crippen LogP contribution in [0.25, 0.3) is 0 Å². The topological polar surface area (TPSA) is 222 Å². The van der Waals surface area contributed by atoms with Gasteiger partial charge in [0.25, 0.3) is 0 Å². The summed E-state index contributed by atoms with van der Waals surface area (Å²) >= 11 is 0. The zero-order valence-corrected chi connectivity index (χ0v) is 38.5. The lowest BCUT2D eigenvalue weighted by Crippen LogP contribution is -2.64. The molecule has 6 N–H and O–H groups in total. The van der Waals surface area contributed by atoms with Crippen LogP contribution in [0.2, 0.25) is 0 Å². The monoisotopic (exact) mass is 901 g/mol. The van der Waals surface area contributed by atoms with Crippen LogP contribution in [0, 0.1) is 0 Å². The Morgan fingerprint density at radius 2 is 1.08 bits per heavy atom. The normalized spacial score (nSPS) is 25.5. The fourth-order valence-electron chi connectivity index (χ4n) is 7.13. The molecular weight excluding hydrogens is 819 g/mol. The lowest BCUT2D eigenvalue weighted by Gasteiger charge is -2.41. The van der Waals surface area contributed by atoms with Gasteiger partial charge in [0.05, 0.1) is 18.8 Å². The molecule has 0 aromatic carbocycles. The maximum absolute atomic E-state index is 12.8. The first-order valence-corrected chi connectivity index (χ1v) is 25.1. The Labute approximate surface area is 371 Å². The largest absolute Gasteiger partial charge is 0.472 e. The average molecular weight is 901 g/mol. The fraction of sp³-hybridized carbons (Fsp3) is 0.787. The zero-order valence-electron chi connectivity index (χ0n) is 37.6. The fourth-order valence-corrected chi connectivity index (χ4v) is 8.11. The van der Waals surface area contributed by atoms with Crippen LogP contribution in [0.1, 0.15) is 168 Å². The lowest BCUT2D eigenvalue weighted by molar-refractivity contribution is -0.220. The number of epoxide rings is 1. The molecule has 1 saturated carbocycles. The summed E-state index contributed by atoms with van der Waals surface area (Å²) < 4.78 is 39.3. The van der Waals surface area contributed by atoms with Crippen molar-refractivity contribution in [2.45, 2.75) is 223 Å². The number of allylic oxidation sites excluding steroid dienone is 7. The number of carbonyl (C=O) groups is 2. The molecule has 2 fully saturated rings. The van der Waals surface area contributed by atoms with Crippen LogP contribution in [-0.2, 0) is 37.4 Å². The minimum absolute atomic E-state index is 0.0617. The highest BCUT2D eigenvalue weighted by Crippen LogP contribution is 2.47. The second-order valence-electron chi connectivity index (χ2n) is 16.6. The van der Waals surface area contributed by atoms with E-state index in [4.69, 9.17) is 23.3 Å². The molecule has 2 rings (SSSR count). The molecule has 1 saturated heterocycles. The third-order valence-corrected chi connectivity index (χ3v) is 12.1. The number of rotatable bonds is 37. The van der Waals surface area contributed by atoms with Crippen LogP contribution in [0.4, 0.5) is 0 Å². The quantitative estimate of drug-likeness (QED) is 0.0114. The molecule has 0 aromatic heterocycles. The second-order valence-corrected chi connectivity index (χ2v) is 18.0. The molecular formula is C47H81O14P. The van der Waals surface area contributed by atoms with Gasteiger partial charge in [-0.2, -0.15) is 0 Å². The van der Waals surface area contributed by atoms with E-state index in [0.29, 0.717) is 31.5 Å². The number of ether oxygens (including phenoxy) is 3. The number of aliphatic hydroxyl groups is 5. The van der Waals surface area contributed by atoms with Crippen molar-refractivity contribution in [3.05, 3.63) is 48.6 Å². The van der Waals surface area contributed by atoms with Crippen LogP contribution in [0.3, 0.4) is 0 Å². The van der Waals surface area contributed by atoms with Crippen molar-refractivity contribution in [3.8, 4) is 0 Å². The van der Waals surface area contributed by atoms with Crippen molar-refractivity contribution >= 4 is 19.8 Å². The summed E-state index contributed by atoms with van der Waals surface area (Å²) in [5.41, 5.74) is 0. The minimum Gasteiger partial charge on any atom is -0.462 e. The predicted octanol–water partition coefficient (Wildman–Crippen LogP) is 8.16. The standard InChI is InChI=1S/C47H81O14P/c1-3-5-7-9-11-12-13-14-15-16-17-18-19-20-21-25-29-33-40(48)57-35-37(36-58-62(55,56)61-47-45(53)43(51)42(50)44(52)46(47)54)59-41(49)34-30-26-22-24-28-32-39-38(60-39)31-27-23-10-8-6-4-2/h14-15,17-18,20-21,23,27,37-39,42-47,50-54H,3-13,16,19,22,24-26,28-36H2,1-2H3,(H,55,56)/b15-14-,18-17-,21-20-,27-23-/t37-,38?,39?,42?,43-,44+,45-,46-,47?/m1/s1. The SMILES string of the molecule is CCCCC/C=C\CC1OC1CCCCCCCC(=O)O[C@H](COC(=O)CCC/C=C\C/C=C\C/C=C\CCCCCCCC)COP(=O)(O)OC1[C@H](O)[C@H](O)C(O)[C@H](O)[C@H]1O. The summed E-state index contributed by atoms with van der Waals surface area (Å²) in [7, 11) is -5.14. The highest BCUT2D eigenvalue weighted by Gasteiger charge is 2.51. The zero-order chi connectivity index (χ0) is 45.4. The minimum atomic E-state index is -5.14. The Hall–Kier alpha value is -2.23. The lowest BCUT2D eigenvalue weighted by atomic mass is 9.85. The number of esters is 2. The van der Waals surface area contributed by atoms with E-state index >= 15 is 0 Å². The number of phosphoric acid groups is 1. The summed E-state index contributed by atoms with van der Waals surface area (Å²) in [5.74, 6) is -1.19. The van der Waals surface area contributed by atoms with Crippen molar-refractivity contribution in [1.82, 2.24) is 0 Å². The van der Waals surface area contributed by atoms with Crippen LogP contribution in [0.5, 0.6) is 0 Å². The third-order valence-electron chi connectivity index (χ3n) is 11.1. The van der Waals surface area contributed by atoms with Crippen molar-refractivity contribution < 1.29 is 67.8 Å². The molecule has 0 spiro atoms. The number of carbonyl (C=O) groups excluding carboxylic acids is 2. The molecule has 0 bridgehead atoms. The van der Waals surface area contributed by atoms with Gasteiger partial charge in [-0.1, -0.05) is 133 Å². The molecule has 5 unspecified atom stereocenters. The van der Waals surface area contributed by atoms with Gasteiger partial charge in [-0.25, -0.2) is 4.57 Å². The van der Waals surface area contributed by atoms with E-state index in [0.717, 1.165) is 64.2 Å². The molecule has 14 nitrogen and oxygen atoms in total. The molecule has 358 valence electrons. The van der Waals surface area contributed by atoms with E-state index in [9.17, 15) is 44.6 Å². The first-order chi connectivity index (χ1) is 29.9. The summed E-state index contributed by atoms with van der Waals surface area (Å²) in [6, 6.07) is 0. The van der Waals surface area contributed by atoms with Gasteiger partial charge in [0.1, 0.15) is 43.2 Å². The van der Waals surface area contributed by atoms with E-state index in [1.54, 1.807) is 0 Å². The molecule has 1 aliphatic carbocycles. The van der Waals surface area contributed by atoms with Gasteiger partial charge in [0.2, 0.25) is 0 Å². The Kier molecular flexibility index (Phi) is 30.8.